The summed E-state index contributed by atoms with van der Waals surface area (Å²) in [6.07, 6.45) is 2.73. The summed E-state index contributed by atoms with van der Waals surface area (Å²) in [5, 5.41) is 0. The SMILES string of the molecule is COc1nccc(C(=O)c2ccnc(OC)c2C(=O)N(C)C)c1C(=O)N(C)C. The van der Waals surface area contributed by atoms with E-state index in [2.05, 4.69) is 9.97 Å². The number of rotatable bonds is 6. The fraction of sp³-hybridized carbons (Fsp3) is 0.316. The van der Waals surface area contributed by atoms with Crippen molar-refractivity contribution < 1.29 is 23.9 Å². The first-order valence-electron chi connectivity index (χ1n) is 8.28. The monoisotopic (exact) mass is 386 g/mol. The molecule has 0 radical (unpaired) electrons. The summed E-state index contributed by atoms with van der Waals surface area (Å²) in [5.41, 5.74) is 0.149. The highest BCUT2D eigenvalue weighted by atomic mass is 16.5. The summed E-state index contributed by atoms with van der Waals surface area (Å²) in [4.78, 5) is 49.4. The van der Waals surface area contributed by atoms with Crippen LogP contribution in [-0.4, -0.2) is 79.8 Å². The molecule has 0 aliphatic rings. The van der Waals surface area contributed by atoms with E-state index in [0.29, 0.717) is 0 Å². The molecule has 0 aliphatic carbocycles. The molecule has 0 saturated carbocycles. The average molecular weight is 386 g/mol. The molecule has 0 saturated heterocycles. The van der Waals surface area contributed by atoms with Gasteiger partial charge in [-0.25, -0.2) is 9.97 Å². The van der Waals surface area contributed by atoms with E-state index < -0.39 is 17.6 Å². The lowest BCUT2D eigenvalue weighted by Gasteiger charge is -2.18. The second-order valence-corrected chi connectivity index (χ2v) is 6.21. The Balaban J connectivity index is 2.75. The molecule has 2 rings (SSSR count). The number of carbonyl (C=O) groups excluding carboxylic acids is 3. The van der Waals surface area contributed by atoms with Crippen molar-refractivity contribution in [1.82, 2.24) is 19.8 Å². The Morgan fingerprint density at radius 3 is 1.39 bits per heavy atom. The Labute approximate surface area is 162 Å². The van der Waals surface area contributed by atoms with Gasteiger partial charge < -0.3 is 19.3 Å². The van der Waals surface area contributed by atoms with Gasteiger partial charge in [0.25, 0.3) is 11.8 Å². The topological polar surface area (TPSA) is 102 Å². The van der Waals surface area contributed by atoms with Crippen LogP contribution in [0.25, 0.3) is 0 Å². The number of amides is 2. The molecule has 0 aromatic carbocycles. The smallest absolute Gasteiger partial charge is 0.259 e. The van der Waals surface area contributed by atoms with Gasteiger partial charge in [-0.05, 0) is 12.1 Å². The number of ketones is 1. The van der Waals surface area contributed by atoms with E-state index in [1.54, 1.807) is 28.2 Å². The van der Waals surface area contributed by atoms with Gasteiger partial charge in [-0.2, -0.15) is 0 Å². The predicted octanol–water partition coefficient (Wildman–Crippen LogP) is 1.13. The molecule has 0 unspecified atom stereocenters. The van der Waals surface area contributed by atoms with Crippen molar-refractivity contribution in [3.63, 3.8) is 0 Å². The molecule has 0 spiro atoms. The molecule has 0 N–H and O–H groups in total. The second-order valence-electron chi connectivity index (χ2n) is 6.21. The van der Waals surface area contributed by atoms with E-state index in [4.69, 9.17) is 9.47 Å². The zero-order valence-electron chi connectivity index (χ0n) is 16.6. The van der Waals surface area contributed by atoms with Crippen LogP contribution in [0.3, 0.4) is 0 Å². The van der Waals surface area contributed by atoms with Crippen LogP contribution in [0.1, 0.15) is 36.6 Å². The number of methoxy groups -OCH3 is 2. The molecule has 0 atom stereocenters. The summed E-state index contributed by atoms with van der Waals surface area (Å²) in [7, 11) is 8.94. The van der Waals surface area contributed by atoms with Gasteiger partial charge in [0.05, 0.1) is 14.2 Å². The van der Waals surface area contributed by atoms with E-state index in [9.17, 15) is 14.4 Å². The Morgan fingerprint density at radius 2 is 1.11 bits per heavy atom. The third kappa shape index (κ3) is 3.78. The molecule has 2 aromatic rings. The van der Waals surface area contributed by atoms with Crippen LogP contribution in [0, 0.1) is 0 Å². The number of ether oxygens (including phenoxy) is 2. The number of aromatic nitrogens is 2. The van der Waals surface area contributed by atoms with E-state index in [1.807, 2.05) is 0 Å². The fourth-order valence-electron chi connectivity index (χ4n) is 2.58. The minimum atomic E-state index is -0.545. The van der Waals surface area contributed by atoms with Crippen LogP contribution < -0.4 is 9.47 Å². The Kier molecular flexibility index (Phi) is 6.29. The highest BCUT2D eigenvalue weighted by Gasteiger charge is 2.29. The van der Waals surface area contributed by atoms with Gasteiger partial charge >= 0.3 is 0 Å². The van der Waals surface area contributed by atoms with Crippen LogP contribution in [0.4, 0.5) is 0 Å². The van der Waals surface area contributed by atoms with Gasteiger partial charge in [0.2, 0.25) is 11.8 Å². The van der Waals surface area contributed by atoms with Gasteiger partial charge in [-0.3, -0.25) is 14.4 Å². The molecule has 0 fully saturated rings. The maximum absolute atomic E-state index is 13.4. The second kappa shape index (κ2) is 8.47. The molecule has 2 amide bonds. The number of hydrogen-bond donors (Lipinski definition) is 0. The maximum atomic E-state index is 13.4. The molecule has 0 bridgehead atoms. The maximum Gasteiger partial charge on any atom is 0.259 e. The van der Waals surface area contributed by atoms with Crippen molar-refractivity contribution in [2.45, 2.75) is 0 Å². The first-order chi connectivity index (χ1) is 13.2. The summed E-state index contributed by atoms with van der Waals surface area (Å²) >= 11 is 0. The number of nitrogens with zero attached hydrogens (tertiary/aromatic N) is 4. The lowest BCUT2D eigenvalue weighted by Crippen LogP contribution is -2.27. The first-order valence-corrected chi connectivity index (χ1v) is 8.28. The molecule has 28 heavy (non-hydrogen) atoms. The van der Waals surface area contributed by atoms with E-state index >= 15 is 0 Å². The van der Waals surface area contributed by atoms with Crippen molar-refractivity contribution in [3.05, 3.63) is 46.8 Å². The quantitative estimate of drug-likeness (QED) is 0.686. The molecule has 9 heteroatoms. The van der Waals surface area contributed by atoms with E-state index in [0.717, 1.165) is 0 Å². The normalized spacial score (nSPS) is 10.2. The first kappa shape index (κ1) is 20.8. The van der Waals surface area contributed by atoms with Gasteiger partial charge in [0.15, 0.2) is 5.78 Å². The average Bonchev–Trinajstić information content (AvgIpc) is 2.70. The number of pyridine rings is 2. The van der Waals surface area contributed by atoms with Crippen LogP contribution in [0.2, 0.25) is 0 Å². The Hall–Kier alpha value is -3.49. The predicted molar refractivity (Wildman–Crippen MR) is 101 cm³/mol. The minimum absolute atomic E-state index is 0.0130. The van der Waals surface area contributed by atoms with Crippen molar-refractivity contribution in [3.8, 4) is 11.8 Å². The van der Waals surface area contributed by atoms with Crippen molar-refractivity contribution in [2.24, 2.45) is 0 Å². The third-order valence-corrected chi connectivity index (χ3v) is 3.95. The van der Waals surface area contributed by atoms with Gasteiger partial charge in [0.1, 0.15) is 11.1 Å². The van der Waals surface area contributed by atoms with Gasteiger partial charge in [-0.15, -0.1) is 0 Å². The molecule has 2 heterocycles. The molecule has 0 aliphatic heterocycles. The summed E-state index contributed by atoms with van der Waals surface area (Å²) < 4.78 is 10.4. The van der Waals surface area contributed by atoms with Crippen LogP contribution in [-0.2, 0) is 0 Å². The van der Waals surface area contributed by atoms with Gasteiger partial charge in [-0.1, -0.05) is 0 Å². The van der Waals surface area contributed by atoms with Crippen LogP contribution in [0.5, 0.6) is 11.8 Å². The van der Waals surface area contributed by atoms with E-state index in [-0.39, 0.29) is 34.0 Å². The van der Waals surface area contributed by atoms with Gasteiger partial charge in [0, 0.05) is 51.7 Å². The lowest BCUT2D eigenvalue weighted by atomic mass is 9.95. The molecular weight excluding hydrogens is 364 g/mol. The largest absolute Gasteiger partial charge is 0.480 e. The molecule has 9 nitrogen and oxygen atoms in total. The van der Waals surface area contributed by atoms with Crippen molar-refractivity contribution >= 4 is 17.6 Å². The molecule has 2 aromatic heterocycles. The number of carbonyl (C=O) groups is 3. The van der Waals surface area contributed by atoms with Crippen molar-refractivity contribution in [1.29, 1.82) is 0 Å². The summed E-state index contributed by atoms with van der Waals surface area (Å²) in [6, 6.07) is 2.83. The summed E-state index contributed by atoms with van der Waals surface area (Å²) in [6.45, 7) is 0. The fourth-order valence-corrected chi connectivity index (χ4v) is 2.58. The zero-order valence-corrected chi connectivity index (χ0v) is 16.6. The van der Waals surface area contributed by atoms with E-state index in [1.165, 1.54) is 48.5 Å². The lowest BCUT2D eigenvalue weighted by molar-refractivity contribution is 0.0816. The third-order valence-electron chi connectivity index (χ3n) is 3.95. The highest BCUT2D eigenvalue weighted by molar-refractivity contribution is 6.20. The minimum Gasteiger partial charge on any atom is -0.480 e. The molecule has 148 valence electrons. The number of hydrogen-bond acceptors (Lipinski definition) is 7. The zero-order chi connectivity index (χ0) is 21.0. The highest BCUT2D eigenvalue weighted by Crippen LogP contribution is 2.27. The summed E-state index contributed by atoms with van der Waals surface area (Å²) in [5.74, 6) is -1.40. The van der Waals surface area contributed by atoms with Crippen LogP contribution >= 0.6 is 0 Å². The van der Waals surface area contributed by atoms with Crippen molar-refractivity contribution in [2.75, 3.05) is 42.4 Å². The Morgan fingerprint density at radius 1 is 0.750 bits per heavy atom. The Bertz CT molecular complexity index is 851. The standard InChI is InChI=1S/C19H22N4O5/c1-22(2)18(25)13-11(7-9-20-16(13)27-5)15(24)12-8-10-21-17(28-6)14(12)19(26)23(3)4/h7-10H,1-6H3. The van der Waals surface area contributed by atoms with Crippen LogP contribution in [0.15, 0.2) is 24.5 Å². The molecular formula is C19H22N4O5.